The molecule has 134 valence electrons. The third kappa shape index (κ3) is 3.03. The number of aryl methyl sites for hydroxylation is 1. The van der Waals surface area contributed by atoms with Gasteiger partial charge in [-0.15, -0.1) is 0 Å². The minimum atomic E-state index is 0.165. The number of benzene rings is 1. The Labute approximate surface area is 152 Å². The molecule has 3 heterocycles. The van der Waals surface area contributed by atoms with Crippen molar-refractivity contribution in [3.05, 3.63) is 54.1 Å². The summed E-state index contributed by atoms with van der Waals surface area (Å²) in [6.07, 6.45) is 4.97. The van der Waals surface area contributed by atoms with Crippen molar-refractivity contribution < 1.29 is 9.53 Å². The summed E-state index contributed by atoms with van der Waals surface area (Å²) in [6, 6.07) is 9.61. The summed E-state index contributed by atoms with van der Waals surface area (Å²) in [6.45, 7) is 1.50. The fraction of sp³-hybridized carbons (Fsp3) is 0.350. The van der Waals surface area contributed by atoms with Crippen molar-refractivity contribution in [3.8, 4) is 5.75 Å². The van der Waals surface area contributed by atoms with E-state index in [1.54, 1.807) is 13.3 Å². The Balaban J connectivity index is 1.45. The molecule has 0 N–H and O–H groups in total. The van der Waals surface area contributed by atoms with Crippen LogP contribution in [-0.4, -0.2) is 45.5 Å². The van der Waals surface area contributed by atoms with Crippen LogP contribution < -0.4 is 4.74 Å². The lowest BCUT2D eigenvalue weighted by Crippen LogP contribution is -2.30. The number of carbonyl (C=O) groups excluding carboxylic acids is 1. The highest BCUT2D eigenvalue weighted by Gasteiger charge is 2.30. The average molecular weight is 350 g/mol. The second-order valence-electron chi connectivity index (χ2n) is 6.74. The first-order chi connectivity index (χ1) is 12.7. The van der Waals surface area contributed by atoms with Gasteiger partial charge >= 0.3 is 0 Å². The Morgan fingerprint density at radius 3 is 2.81 bits per heavy atom. The zero-order chi connectivity index (χ0) is 18.1. The standard InChI is InChI=1S/C20H22N4O2/c1-23-18-12-21-9-7-17(18)22-20(23)15-8-10-24(13-15)19(25)11-14-3-5-16(26-2)6-4-14/h3-7,9,12,15H,8,10-11,13H2,1-2H3/t15-/m0/s1. The van der Waals surface area contributed by atoms with Crippen molar-refractivity contribution in [2.24, 2.45) is 7.05 Å². The molecule has 2 aromatic heterocycles. The molecule has 1 aromatic carbocycles. The monoisotopic (exact) mass is 350 g/mol. The number of pyridine rings is 1. The van der Waals surface area contributed by atoms with Crippen molar-refractivity contribution in [1.29, 1.82) is 0 Å². The summed E-state index contributed by atoms with van der Waals surface area (Å²) < 4.78 is 7.27. The van der Waals surface area contributed by atoms with Crippen LogP contribution in [0.25, 0.3) is 11.0 Å². The number of likely N-dealkylation sites (tertiary alicyclic amines) is 1. The van der Waals surface area contributed by atoms with Crippen LogP contribution in [0, 0.1) is 0 Å². The van der Waals surface area contributed by atoms with Gasteiger partial charge in [0.25, 0.3) is 0 Å². The van der Waals surface area contributed by atoms with E-state index in [9.17, 15) is 4.79 Å². The van der Waals surface area contributed by atoms with Crippen molar-refractivity contribution in [2.75, 3.05) is 20.2 Å². The summed E-state index contributed by atoms with van der Waals surface area (Å²) >= 11 is 0. The minimum Gasteiger partial charge on any atom is -0.497 e. The lowest BCUT2D eigenvalue weighted by atomic mass is 10.1. The molecule has 26 heavy (non-hydrogen) atoms. The van der Waals surface area contributed by atoms with E-state index < -0.39 is 0 Å². The van der Waals surface area contributed by atoms with Gasteiger partial charge in [-0.05, 0) is 30.2 Å². The van der Waals surface area contributed by atoms with Gasteiger partial charge < -0.3 is 14.2 Å². The van der Waals surface area contributed by atoms with Gasteiger partial charge in [0.05, 0.1) is 30.8 Å². The van der Waals surface area contributed by atoms with Gasteiger partial charge in [0, 0.05) is 32.3 Å². The topological polar surface area (TPSA) is 60.2 Å². The highest BCUT2D eigenvalue weighted by atomic mass is 16.5. The van der Waals surface area contributed by atoms with Crippen LogP contribution in [0.4, 0.5) is 0 Å². The molecule has 1 aliphatic rings. The van der Waals surface area contributed by atoms with Gasteiger partial charge in [-0.25, -0.2) is 4.98 Å². The van der Waals surface area contributed by atoms with Crippen molar-refractivity contribution in [3.63, 3.8) is 0 Å². The summed E-state index contributed by atoms with van der Waals surface area (Å²) in [4.78, 5) is 23.6. The van der Waals surface area contributed by atoms with E-state index in [-0.39, 0.29) is 11.8 Å². The van der Waals surface area contributed by atoms with Gasteiger partial charge in [-0.2, -0.15) is 0 Å². The molecule has 1 aliphatic heterocycles. The zero-order valence-corrected chi connectivity index (χ0v) is 15.1. The molecular formula is C20H22N4O2. The third-order valence-corrected chi connectivity index (χ3v) is 5.14. The first kappa shape index (κ1) is 16.6. The molecule has 0 unspecified atom stereocenters. The molecule has 1 fully saturated rings. The fourth-order valence-electron chi connectivity index (χ4n) is 3.65. The average Bonchev–Trinajstić information content (AvgIpc) is 3.28. The van der Waals surface area contributed by atoms with Crippen molar-refractivity contribution in [1.82, 2.24) is 19.4 Å². The predicted octanol–water partition coefficient (Wildman–Crippen LogP) is 2.54. The molecule has 0 bridgehead atoms. The maximum Gasteiger partial charge on any atom is 0.227 e. The van der Waals surface area contributed by atoms with Gasteiger partial charge in [-0.3, -0.25) is 9.78 Å². The van der Waals surface area contributed by atoms with Crippen LogP contribution in [0.2, 0.25) is 0 Å². The zero-order valence-electron chi connectivity index (χ0n) is 15.1. The normalized spacial score (nSPS) is 17.0. The smallest absolute Gasteiger partial charge is 0.227 e. The van der Waals surface area contributed by atoms with Crippen molar-refractivity contribution >= 4 is 16.9 Å². The molecular weight excluding hydrogens is 328 g/mol. The predicted molar refractivity (Wildman–Crippen MR) is 99.1 cm³/mol. The number of aromatic nitrogens is 3. The van der Waals surface area contributed by atoms with E-state index in [1.165, 1.54) is 0 Å². The first-order valence-electron chi connectivity index (χ1n) is 8.82. The molecule has 3 aromatic rings. The Hall–Kier alpha value is -2.89. The largest absolute Gasteiger partial charge is 0.497 e. The maximum atomic E-state index is 12.7. The highest BCUT2D eigenvalue weighted by molar-refractivity contribution is 5.79. The lowest BCUT2D eigenvalue weighted by Gasteiger charge is -2.17. The number of rotatable bonds is 4. The summed E-state index contributed by atoms with van der Waals surface area (Å²) in [5, 5.41) is 0. The molecule has 6 heteroatoms. The lowest BCUT2D eigenvalue weighted by molar-refractivity contribution is -0.129. The number of nitrogens with zero attached hydrogens (tertiary/aromatic N) is 4. The molecule has 1 saturated heterocycles. The van der Waals surface area contributed by atoms with Gasteiger partial charge in [-0.1, -0.05) is 12.1 Å². The Morgan fingerprint density at radius 1 is 1.27 bits per heavy atom. The van der Waals surface area contributed by atoms with E-state index >= 15 is 0 Å². The SMILES string of the molecule is COc1ccc(CC(=O)N2CC[C@H](c3nc4ccncc4n3C)C2)cc1. The fourth-order valence-corrected chi connectivity index (χ4v) is 3.65. The van der Waals surface area contributed by atoms with Crippen LogP contribution in [0.3, 0.4) is 0 Å². The molecule has 4 rings (SSSR count). The number of hydrogen-bond donors (Lipinski definition) is 0. The van der Waals surface area contributed by atoms with Crippen molar-refractivity contribution in [2.45, 2.75) is 18.8 Å². The highest BCUT2D eigenvalue weighted by Crippen LogP contribution is 2.29. The van der Waals surface area contributed by atoms with Gasteiger partial charge in [0.2, 0.25) is 5.91 Å². The van der Waals surface area contributed by atoms with Gasteiger partial charge in [0.15, 0.2) is 0 Å². The number of ether oxygens (including phenoxy) is 1. The van der Waals surface area contributed by atoms with E-state index in [1.807, 2.05) is 48.5 Å². The second-order valence-corrected chi connectivity index (χ2v) is 6.74. The Morgan fingerprint density at radius 2 is 2.08 bits per heavy atom. The van der Waals surface area contributed by atoms with E-state index in [0.717, 1.165) is 47.7 Å². The molecule has 1 atom stereocenters. The number of methoxy groups -OCH3 is 1. The molecule has 0 spiro atoms. The second kappa shape index (κ2) is 6.78. The molecule has 0 saturated carbocycles. The quantitative estimate of drug-likeness (QED) is 0.725. The van der Waals surface area contributed by atoms with Crippen LogP contribution in [0.5, 0.6) is 5.75 Å². The summed E-state index contributed by atoms with van der Waals surface area (Å²) in [7, 11) is 3.66. The van der Waals surface area contributed by atoms with E-state index in [4.69, 9.17) is 9.72 Å². The number of fused-ring (bicyclic) bond motifs is 1. The van der Waals surface area contributed by atoms with Crippen LogP contribution in [0.15, 0.2) is 42.7 Å². The Bertz CT molecular complexity index is 933. The first-order valence-corrected chi connectivity index (χ1v) is 8.82. The molecule has 0 aliphatic carbocycles. The molecule has 6 nitrogen and oxygen atoms in total. The Kier molecular flexibility index (Phi) is 4.32. The summed E-state index contributed by atoms with van der Waals surface area (Å²) in [5.74, 6) is 2.27. The van der Waals surface area contributed by atoms with E-state index in [0.29, 0.717) is 6.42 Å². The molecule has 0 radical (unpaired) electrons. The number of carbonyl (C=O) groups is 1. The van der Waals surface area contributed by atoms with Gasteiger partial charge in [0.1, 0.15) is 11.6 Å². The minimum absolute atomic E-state index is 0.165. The maximum absolute atomic E-state index is 12.7. The number of amides is 1. The van der Waals surface area contributed by atoms with Crippen LogP contribution in [-0.2, 0) is 18.3 Å². The summed E-state index contributed by atoms with van der Waals surface area (Å²) in [5.41, 5.74) is 3.00. The number of hydrogen-bond acceptors (Lipinski definition) is 4. The van der Waals surface area contributed by atoms with Crippen LogP contribution in [0.1, 0.15) is 23.7 Å². The third-order valence-electron chi connectivity index (χ3n) is 5.14. The number of imidazole rings is 1. The van der Waals surface area contributed by atoms with Crippen LogP contribution >= 0.6 is 0 Å². The van der Waals surface area contributed by atoms with E-state index in [2.05, 4.69) is 9.55 Å². The molecule has 1 amide bonds.